The predicted octanol–water partition coefficient (Wildman–Crippen LogP) is 1.94. The molecule has 0 unspecified atom stereocenters. The van der Waals surface area contributed by atoms with Gasteiger partial charge in [-0.3, -0.25) is 10.1 Å². The molecule has 0 spiro atoms. The standard InChI is InChI=1S/C8H6FNO4/c1-5-2-3-6(10(12)13)4-7(5)8(11)14-9/h2-4H,1H3. The number of nitro benzene ring substituents is 1. The van der Waals surface area contributed by atoms with Crippen molar-refractivity contribution >= 4 is 11.7 Å². The fourth-order valence-corrected chi connectivity index (χ4v) is 0.985. The first-order valence-electron chi connectivity index (χ1n) is 3.64. The van der Waals surface area contributed by atoms with Gasteiger partial charge in [0.05, 0.1) is 10.5 Å². The maximum Gasteiger partial charge on any atom is 0.380 e. The van der Waals surface area contributed by atoms with E-state index in [0.717, 1.165) is 6.07 Å². The number of nitro groups is 1. The van der Waals surface area contributed by atoms with E-state index in [9.17, 15) is 19.4 Å². The normalized spacial score (nSPS) is 9.57. The molecule has 0 amide bonds. The minimum Gasteiger partial charge on any atom is -0.258 e. The lowest BCUT2D eigenvalue weighted by atomic mass is 10.1. The van der Waals surface area contributed by atoms with E-state index in [0.29, 0.717) is 5.56 Å². The van der Waals surface area contributed by atoms with Crippen LogP contribution in [0.1, 0.15) is 15.9 Å². The fourth-order valence-electron chi connectivity index (χ4n) is 0.985. The summed E-state index contributed by atoms with van der Waals surface area (Å²) in [6.45, 7) is 1.52. The smallest absolute Gasteiger partial charge is 0.258 e. The number of hydrogen-bond acceptors (Lipinski definition) is 4. The molecule has 0 heterocycles. The summed E-state index contributed by atoms with van der Waals surface area (Å²) in [5.41, 5.74) is -0.0176. The summed E-state index contributed by atoms with van der Waals surface area (Å²) in [6.07, 6.45) is 0. The zero-order valence-electron chi connectivity index (χ0n) is 7.19. The van der Waals surface area contributed by atoms with Crippen LogP contribution < -0.4 is 0 Å². The van der Waals surface area contributed by atoms with Crippen molar-refractivity contribution in [3.8, 4) is 0 Å². The Bertz CT molecular complexity index is 391. The molecule has 1 aromatic carbocycles. The summed E-state index contributed by atoms with van der Waals surface area (Å²) in [6, 6.07) is 3.55. The Morgan fingerprint density at radius 2 is 2.21 bits per heavy atom. The van der Waals surface area contributed by atoms with Crippen LogP contribution in [0.4, 0.5) is 10.2 Å². The molecule has 0 bridgehead atoms. The minimum atomic E-state index is -1.23. The van der Waals surface area contributed by atoms with Crippen molar-refractivity contribution < 1.29 is 19.2 Å². The highest BCUT2D eigenvalue weighted by molar-refractivity contribution is 5.91. The Hall–Kier alpha value is -1.98. The lowest BCUT2D eigenvalue weighted by Gasteiger charge is -1.99. The molecule has 5 nitrogen and oxygen atoms in total. The molecule has 6 heteroatoms. The molecule has 1 rings (SSSR count). The van der Waals surface area contributed by atoms with Gasteiger partial charge in [-0.1, -0.05) is 6.07 Å². The number of halogens is 1. The van der Waals surface area contributed by atoms with Gasteiger partial charge in [-0.2, -0.15) is 0 Å². The largest absolute Gasteiger partial charge is 0.380 e. The van der Waals surface area contributed by atoms with Crippen LogP contribution in [0.25, 0.3) is 0 Å². The van der Waals surface area contributed by atoms with Crippen LogP contribution in [0.15, 0.2) is 18.2 Å². The van der Waals surface area contributed by atoms with Gasteiger partial charge in [-0.15, -0.1) is 0 Å². The SMILES string of the molecule is Cc1ccc([N+](=O)[O-])cc1C(=O)OF. The van der Waals surface area contributed by atoms with Gasteiger partial charge >= 0.3 is 5.97 Å². The molecule has 0 radical (unpaired) electrons. The van der Waals surface area contributed by atoms with E-state index in [4.69, 9.17) is 0 Å². The molecule has 0 saturated carbocycles. The Morgan fingerprint density at radius 1 is 1.57 bits per heavy atom. The molecular weight excluding hydrogens is 193 g/mol. The molecule has 0 aromatic heterocycles. The average Bonchev–Trinajstić information content (AvgIpc) is 2.17. The van der Waals surface area contributed by atoms with E-state index < -0.39 is 10.9 Å². The second-order valence-corrected chi connectivity index (χ2v) is 2.62. The summed E-state index contributed by atoms with van der Waals surface area (Å²) in [4.78, 5) is 23.4. The van der Waals surface area contributed by atoms with Gasteiger partial charge in [0.1, 0.15) is 0 Å². The van der Waals surface area contributed by atoms with Gasteiger partial charge in [-0.05, 0) is 12.5 Å². The van der Waals surface area contributed by atoms with Crippen molar-refractivity contribution in [2.24, 2.45) is 0 Å². The van der Waals surface area contributed by atoms with E-state index in [-0.39, 0.29) is 11.3 Å². The van der Waals surface area contributed by atoms with Crippen molar-refractivity contribution in [3.63, 3.8) is 0 Å². The van der Waals surface area contributed by atoms with Gasteiger partial charge in [0.2, 0.25) is 0 Å². The van der Waals surface area contributed by atoms with Crippen molar-refractivity contribution in [2.45, 2.75) is 6.92 Å². The van der Waals surface area contributed by atoms with E-state index in [1.54, 1.807) is 0 Å². The second kappa shape index (κ2) is 3.82. The van der Waals surface area contributed by atoms with Crippen molar-refractivity contribution in [2.75, 3.05) is 0 Å². The van der Waals surface area contributed by atoms with Crippen LogP contribution in [0.3, 0.4) is 0 Å². The lowest BCUT2D eigenvalue weighted by molar-refractivity contribution is -0.384. The molecule has 0 saturated heterocycles. The van der Waals surface area contributed by atoms with Crippen LogP contribution in [-0.2, 0) is 4.94 Å². The Labute approximate surface area is 78.2 Å². The molecule has 0 aliphatic rings. The van der Waals surface area contributed by atoms with Gasteiger partial charge in [0.25, 0.3) is 5.69 Å². The highest BCUT2D eigenvalue weighted by Gasteiger charge is 2.16. The third-order valence-electron chi connectivity index (χ3n) is 1.72. The summed E-state index contributed by atoms with van der Waals surface area (Å²) in [5, 5.41) is 10.3. The van der Waals surface area contributed by atoms with Crippen molar-refractivity contribution in [3.05, 3.63) is 39.4 Å². The lowest BCUT2D eigenvalue weighted by Crippen LogP contribution is -2.02. The maximum absolute atomic E-state index is 11.6. The summed E-state index contributed by atoms with van der Waals surface area (Å²) in [7, 11) is 0. The van der Waals surface area contributed by atoms with Crippen LogP contribution in [-0.4, -0.2) is 10.9 Å². The number of nitrogens with zero attached hydrogens (tertiary/aromatic N) is 1. The molecule has 14 heavy (non-hydrogen) atoms. The summed E-state index contributed by atoms with van der Waals surface area (Å²) in [5.74, 6) is -1.23. The van der Waals surface area contributed by atoms with Gasteiger partial charge in [0.15, 0.2) is 0 Å². The summed E-state index contributed by atoms with van der Waals surface area (Å²) >= 11 is 0. The quantitative estimate of drug-likeness (QED) is 0.539. The molecule has 0 fully saturated rings. The third kappa shape index (κ3) is 1.85. The first-order valence-corrected chi connectivity index (χ1v) is 3.64. The zero-order valence-corrected chi connectivity index (χ0v) is 7.19. The molecule has 0 N–H and O–H groups in total. The highest BCUT2D eigenvalue weighted by Crippen LogP contribution is 2.18. The monoisotopic (exact) mass is 199 g/mol. The fraction of sp³-hybridized carbons (Fsp3) is 0.125. The number of hydrogen-bond donors (Lipinski definition) is 0. The van der Waals surface area contributed by atoms with Gasteiger partial charge in [0, 0.05) is 16.7 Å². The molecule has 0 aliphatic carbocycles. The molecule has 0 atom stereocenters. The van der Waals surface area contributed by atoms with E-state index in [1.165, 1.54) is 19.1 Å². The van der Waals surface area contributed by atoms with Gasteiger partial charge in [-0.25, -0.2) is 9.74 Å². The third-order valence-corrected chi connectivity index (χ3v) is 1.72. The Balaban J connectivity index is 3.21. The number of carbonyl (C=O) groups excluding carboxylic acids is 1. The number of rotatable bonds is 2. The Kier molecular flexibility index (Phi) is 2.76. The number of carbonyl (C=O) groups is 1. The number of aryl methyl sites for hydroxylation is 1. The van der Waals surface area contributed by atoms with Crippen LogP contribution >= 0.6 is 0 Å². The molecule has 1 aromatic rings. The van der Waals surface area contributed by atoms with E-state index in [2.05, 4.69) is 4.94 Å². The second-order valence-electron chi connectivity index (χ2n) is 2.62. The molecular formula is C8H6FNO4. The molecule has 0 aliphatic heterocycles. The average molecular weight is 199 g/mol. The first-order chi connectivity index (χ1) is 6.56. The van der Waals surface area contributed by atoms with Crippen LogP contribution in [0.5, 0.6) is 0 Å². The van der Waals surface area contributed by atoms with Crippen molar-refractivity contribution in [1.29, 1.82) is 0 Å². The maximum atomic E-state index is 11.6. The number of non-ortho nitro benzene ring substituents is 1. The molecule has 74 valence electrons. The van der Waals surface area contributed by atoms with Gasteiger partial charge < -0.3 is 0 Å². The summed E-state index contributed by atoms with van der Waals surface area (Å²) < 4.78 is 11.6. The predicted molar refractivity (Wildman–Crippen MR) is 44.4 cm³/mol. The van der Waals surface area contributed by atoms with Crippen LogP contribution in [0, 0.1) is 17.0 Å². The zero-order chi connectivity index (χ0) is 10.7. The van der Waals surface area contributed by atoms with E-state index in [1.807, 2.05) is 0 Å². The minimum absolute atomic E-state index is 0.151. The highest BCUT2D eigenvalue weighted by atomic mass is 19.3. The van der Waals surface area contributed by atoms with Crippen LogP contribution in [0.2, 0.25) is 0 Å². The van der Waals surface area contributed by atoms with E-state index >= 15 is 0 Å². The first kappa shape index (κ1) is 10.1. The number of benzene rings is 1. The Morgan fingerprint density at radius 3 is 2.71 bits per heavy atom. The topological polar surface area (TPSA) is 69.4 Å². The van der Waals surface area contributed by atoms with Crippen molar-refractivity contribution in [1.82, 2.24) is 0 Å².